The zero-order chi connectivity index (χ0) is 14.9. The van der Waals surface area contributed by atoms with E-state index in [1.165, 1.54) is 0 Å². The third kappa shape index (κ3) is 2.90. The van der Waals surface area contributed by atoms with Gasteiger partial charge in [-0.3, -0.25) is 0 Å². The minimum absolute atomic E-state index is 0.0793. The molecule has 0 bridgehead atoms. The van der Waals surface area contributed by atoms with Gasteiger partial charge >= 0.3 is 0 Å². The molecule has 1 aliphatic rings. The number of alkyl halides is 1. The van der Waals surface area contributed by atoms with E-state index in [4.69, 9.17) is 11.6 Å². The summed E-state index contributed by atoms with van der Waals surface area (Å²) in [6.07, 6.45) is 4.70. The Bertz CT molecular complexity index is 566. The van der Waals surface area contributed by atoms with Crippen molar-refractivity contribution in [1.29, 1.82) is 0 Å². The lowest BCUT2D eigenvalue weighted by atomic mass is 10.1. The largest absolute Gasteiger partial charge is 0.346 e. The fourth-order valence-electron chi connectivity index (χ4n) is 2.79. The van der Waals surface area contributed by atoms with Crippen molar-refractivity contribution in [3.05, 3.63) is 18.0 Å². The third-order valence-corrected chi connectivity index (χ3v) is 6.20. The molecular formula is C14H23ClN2O2S. The van der Waals surface area contributed by atoms with Crippen LogP contribution in [-0.2, 0) is 15.9 Å². The van der Waals surface area contributed by atoms with Gasteiger partial charge in [0.1, 0.15) is 4.90 Å². The van der Waals surface area contributed by atoms with Gasteiger partial charge in [0.05, 0.1) is 5.88 Å². The summed E-state index contributed by atoms with van der Waals surface area (Å²) in [7, 11) is -3.40. The Kier molecular flexibility index (Phi) is 4.82. The molecule has 1 unspecified atom stereocenters. The normalized spacial score (nSPS) is 21.6. The standard InChI is InChI=1S/C14H23ClN2O2S/c1-11(2)16-10-14(8-13(16)9-15)20(18,19)17-7-5-4-6-12(17)3/h8,10-12H,4-7,9H2,1-3H3. The maximum atomic E-state index is 12.8. The molecule has 0 aromatic carbocycles. The van der Waals surface area contributed by atoms with E-state index in [0.29, 0.717) is 17.3 Å². The Morgan fingerprint density at radius 1 is 1.40 bits per heavy atom. The van der Waals surface area contributed by atoms with Gasteiger partial charge in [0.2, 0.25) is 10.0 Å². The Morgan fingerprint density at radius 3 is 2.60 bits per heavy atom. The molecule has 2 heterocycles. The highest BCUT2D eigenvalue weighted by molar-refractivity contribution is 7.89. The molecule has 6 heteroatoms. The summed E-state index contributed by atoms with van der Waals surface area (Å²) < 4.78 is 29.1. The molecule has 2 rings (SSSR count). The predicted molar refractivity (Wildman–Crippen MR) is 81.6 cm³/mol. The smallest absolute Gasteiger partial charge is 0.244 e. The van der Waals surface area contributed by atoms with Crippen molar-refractivity contribution in [2.75, 3.05) is 6.54 Å². The number of hydrogen-bond acceptors (Lipinski definition) is 2. The van der Waals surface area contributed by atoms with Crippen molar-refractivity contribution in [3.63, 3.8) is 0 Å². The number of rotatable bonds is 4. The summed E-state index contributed by atoms with van der Waals surface area (Å²) in [6.45, 7) is 6.65. The van der Waals surface area contributed by atoms with Crippen molar-refractivity contribution < 1.29 is 8.42 Å². The average molecular weight is 319 g/mol. The zero-order valence-electron chi connectivity index (χ0n) is 12.3. The molecule has 20 heavy (non-hydrogen) atoms. The molecule has 0 amide bonds. The summed E-state index contributed by atoms with van der Waals surface area (Å²) in [5.41, 5.74) is 0.852. The van der Waals surface area contributed by atoms with E-state index in [1.54, 1.807) is 16.6 Å². The fourth-order valence-corrected chi connectivity index (χ4v) is 4.76. The van der Waals surface area contributed by atoms with Crippen molar-refractivity contribution in [2.24, 2.45) is 0 Å². The second-order valence-corrected chi connectivity index (χ2v) is 7.92. The Balaban J connectivity index is 2.39. The lowest BCUT2D eigenvalue weighted by Gasteiger charge is -2.31. The monoisotopic (exact) mass is 318 g/mol. The van der Waals surface area contributed by atoms with Gasteiger partial charge < -0.3 is 4.57 Å². The molecule has 1 atom stereocenters. The van der Waals surface area contributed by atoms with E-state index in [9.17, 15) is 8.42 Å². The Hall–Kier alpha value is -0.520. The number of piperidine rings is 1. The molecule has 1 fully saturated rings. The zero-order valence-corrected chi connectivity index (χ0v) is 13.9. The van der Waals surface area contributed by atoms with Crippen LogP contribution in [0.15, 0.2) is 17.2 Å². The van der Waals surface area contributed by atoms with E-state index >= 15 is 0 Å². The van der Waals surface area contributed by atoms with Crippen LogP contribution in [0.1, 0.15) is 51.8 Å². The van der Waals surface area contributed by atoms with Crippen molar-refractivity contribution in [2.45, 2.75) is 62.9 Å². The first kappa shape index (κ1) is 15.9. The highest BCUT2D eigenvalue weighted by atomic mass is 35.5. The summed E-state index contributed by atoms with van der Waals surface area (Å²) >= 11 is 5.92. The fraction of sp³-hybridized carbons (Fsp3) is 0.714. The highest BCUT2D eigenvalue weighted by Gasteiger charge is 2.32. The number of hydrogen-bond donors (Lipinski definition) is 0. The molecule has 0 aliphatic carbocycles. The van der Waals surface area contributed by atoms with E-state index in [-0.39, 0.29) is 12.1 Å². The van der Waals surface area contributed by atoms with Crippen LogP contribution in [0.2, 0.25) is 0 Å². The average Bonchev–Trinajstić information content (AvgIpc) is 2.84. The Labute approximate surface area is 126 Å². The quantitative estimate of drug-likeness (QED) is 0.799. The van der Waals surface area contributed by atoms with Gasteiger partial charge in [-0.25, -0.2) is 8.42 Å². The molecule has 1 aromatic rings. The molecule has 0 spiro atoms. The molecule has 0 N–H and O–H groups in total. The van der Waals surface area contributed by atoms with Gasteiger partial charge in [0.25, 0.3) is 0 Å². The molecule has 1 saturated heterocycles. The SMILES string of the molecule is CC1CCCCN1S(=O)(=O)c1cc(CCl)n(C(C)C)c1. The van der Waals surface area contributed by atoms with E-state index in [0.717, 1.165) is 25.0 Å². The van der Waals surface area contributed by atoms with E-state index in [2.05, 4.69) is 0 Å². The van der Waals surface area contributed by atoms with Gasteiger partial charge in [-0.1, -0.05) is 6.42 Å². The maximum Gasteiger partial charge on any atom is 0.244 e. The number of aromatic nitrogens is 1. The van der Waals surface area contributed by atoms with Gasteiger partial charge in [0.15, 0.2) is 0 Å². The minimum Gasteiger partial charge on any atom is -0.346 e. The van der Waals surface area contributed by atoms with Gasteiger partial charge in [-0.2, -0.15) is 4.31 Å². The molecule has 0 saturated carbocycles. The van der Waals surface area contributed by atoms with E-state index < -0.39 is 10.0 Å². The van der Waals surface area contributed by atoms with Gasteiger partial charge in [-0.15, -0.1) is 11.6 Å². The molecular weight excluding hydrogens is 296 g/mol. The maximum absolute atomic E-state index is 12.8. The van der Waals surface area contributed by atoms with Crippen LogP contribution in [-0.4, -0.2) is 29.9 Å². The number of sulfonamides is 1. The lowest BCUT2D eigenvalue weighted by Crippen LogP contribution is -2.41. The van der Waals surface area contributed by atoms with Crippen LogP contribution >= 0.6 is 11.6 Å². The van der Waals surface area contributed by atoms with Crippen molar-refractivity contribution >= 4 is 21.6 Å². The first-order chi connectivity index (χ1) is 9.37. The summed E-state index contributed by atoms with van der Waals surface area (Å²) in [6, 6.07) is 1.99. The highest BCUT2D eigenvalue weighted by Crippen LogP contribution is 2.27. The van der Waals surface area contributed by atoms with Crippen LogP contribution < -0.4 is 0 Å². The molecule has 1 aromatic heterocycles. The lowest BCUT2D eigenvalue weighted by molar-refractivity contribution is 0.268. The van der Waals surface area contributed by atoms with Crippen LogP contribution in [0, 0.1) is 0 Å². The number of halogens is 1. The van der Waals surface area contributed by atoms with Gasteiger partial charge in [-0.05, 0) is 39.7 Å². The summed E-state index contributed by atoms with van der Waals surface area (Å²) in [5.74, 6) is 0.323. The predicted octanol–water partition coefficient (Wildman–Crippen LogP) is 3.37. The van der Waals surface area contributed by atoms with E-state index in [1.807, 2.05) is 25.3 Å². The third-order valence-electron chi connectivity index (χ3n) is 3.95. The molecule has 114 valence electrons. The van der Waals surface area contributed by atoms with Gasteiger partial charge in [0, 0.05) is 30.5 Å². The summed E-state index contributed by atoms with van der Waals surface area (Å²) in [5, 5.41) is 0. The first-order valence-corrected chi connectivity index (χ1v) is 9.14. The second-order valence-electron chi connectivity index (χ2n) is 5.76. The van der Waals surface area contributed by atoms with Crippen molar-refractivity contribution in [1.82, 2.24) is 8.87 Å². The minimum atomic E-state index is -3.40. The number of nitrogens with zero attached hydrogens (tertiary/aromatic N) is 2. The summed E-state index contributed by atoms with van der Waals surface area (Å²) in [4.78, 5) is 0.371. The second kappa shape index (κ2) is 6.08. The van der Waals surface area contributed by atoms with Crippen LogP contribution in [0.4, 0.5) is 0 Å². The first-order valence-electron chi connectivity index (χ1n) is 7.16. The molecule has 0 radical (unpaired) electrons. The van der Waals surface area contributed by atoms with Crippen LogP contribution in [0.3, 0.4) is 0 Å². The van der Waals surface area contributed by atoms with Crippen LogP contribution in [0.25, 0.3) is 0 Å². The van der Waals surface area contributed by atoms with Crippen molar-refractivity contribution in [3.8, 4) is 0 Å². The topological polar surface area (TPSA) is 42.3 Å². The molecule has 4 nitrogen and oxygen atoms in total. The molecule has 1 aliphatic heterocycles. The Morgan fingerprint density at radius 2 is 2.10 bits per heavy atom. The van der Waals surface area contributed by atoms with Crippen LogP contribution in [0.5, 0.6) is 0 Å².